The van der Waals surface area contributed by atoms with Gasteiger partial charge in [-0.15, -0.1) is 0 Å². The Morgan fingerprint density at radius 1 is 1.03 bits per heavy atom. The fraction of sp³-hybridized carbons (Fsp3) is 0.111. The topological polar surface area (TPSA) is 154 Å². The molecule has 2 aromatic carbocycles. The largest absolute Gasteiger partial charge is 0.495 e. The summed E-state index contributed by atoms with van der Waals surface area (Å²) < 4.78 is 5.15. The average molecular weight is 412 g/mol. The molecule has 12 nitrogen and oxygen atoms in total. The number of methoxy groups -OCH3 is 1. The summed E-state index contributed by atoms with van der Waals surface area (Å²) in [4.78, 5) is 52.7. The fourth-order valence-corrected chi connectivity index (χ4v) is 3.25. The number of ether oxygens (including phenoxy) is 1. The number of hydroxylamine groups is 1. The molecule has 2 aliphatic rings. The number of imide groups is 1. The molecule has 2 amide bonds. The molecule has 2 aliphatic heterocycles. The lowest BCUT2D eigenvalue weighted by Gasteiger charge is -2.18. The van der Waals surface area contributed by atoms with Gasteiger partial charge in [0, 0.05) is 29.8 Å². The van der Waals surface area contributed by atoms with Gasteiger partial charge in [-0.2, -0.15) is 0 Å². The maximum atomic E-state index is 13.1. The van der Waals surface area contributed by atoms with Crippen molar-refractivity contribution in [3.8, 4) is 5.75 Å². The highest BCUT2D eigenvalue weighted by Gasteiger charge is 2.51. The van der Waals surface area contributed by atoms with Gasteiger partial charge in [-0.05, 0) is 18.2 Å². The minimum absolute atomic E-state index is 0.0117. The van der Waals surface area contributed by atoms with Crippen LogP contribution in [0.25, 0.3) is 5.70 Å². The zero-order chi connectivity index (χ0) is 21.6. The number of fused-ring (bicyclic) bond motifs is 1. The number of anilines is 1. The number of rotatable bonds is 5. The van der Waals surface area contributed by atoms with Crippen molar-refractivity contribution in [2.75, 3.05) is 12.0 Å². The van der Waals surface area contributed by atoms with Crippen molar-refractivity contribution in [3.63, 3.8) is 0 Å². The molecule has 12 heteroatoms. The summed E-state index contributed by atoms with van der Waals surface area (Å²) in [5, 5.41) is 22.0. The number of nitro groups is 2. The van der Waals surface area contributed by atoms with Crippen LogP contribution in [0.15, 0.2) is 48.0 Å². The van der Waals surface area contributed by atoms with Gasteiger partial charge in [0.1, 0.15) is 11.4 Å². The molecular weight excluding hydrogens is 400 g/mol. The maximum Gasteiger partial charge on any atom is 0.271 e. The molecule has 0 radical (unpaired) electrons. The van der Waals surface area contributed by atoms with Crippen molar-refractivity contribution in [2.24, 2.45) is 0 Å². The van der Waals surface area contributed by atoms with Crippen molar-refractivity contribution in [2.45, 2.75) is 6.10 Å². The third-order valence-corrected chi connectivity index (χ3v) is 4.67. The summed E-state index contributed by atoms with van der Waals surface area (Å²) in [5.74, 6) is -1.41. The molecule has 0 spiro atoms. The molecule has 152 valence electrons. The zero-order valence-corrected chi connectivity index (χ0v) is 15.2. The lowest BCUT2D eigenvalue weighted by Crippen LogP contribution is -2.34. The van der Waals surface area contributed by atoms with Crippen LogP contribution in [0.2, 0.25) is 0 Å². The third-order valence-electron chi connectivity index (χ3n) is 4.67. The minimum atomic E-state index is -1.27. The van der Waals surface area contributed by atoms with E-state index in [1.54, 1.807) is 0 Å². The minimum Gasteiger partial charge on any atom is -0.495 e. The van der Waals surface area contributed by atoms with E-state index in [-0.39, 0.29) is 34.1 Å². The predicted octanol–water partition coefficient (Wildman–Crippen LogP) is 1.70. The first-order chi connectivity index (χ1) is 14.3. The maximum absolute atomic E-state index is 13.1. The summed E-state index contributed by atoms with van der Waals surface area (Å²) in [6.45, 7) is 0. The number of carbonyl (C=O) groups is 2. The number of nitrogens with one attached hydrogen (secondary N) is 1. The van der Waals surface area contributed by atoms with Gasteiger partial charge in [-0.1, -0.05) is 0 Å². The summed E-state index contributed by atoms with van der Waals surface area (Å²) in [5.41, 5.74) is 2.52. The molecule has 1 fully saturated rings. The fourth-order valence-electron chi connectivity index (χ4n) is 3.25. The van der Waals surface area contributed by atoms with Gasteiger partial charge in [0.05, 0.1) is 28.2 Å². The van der Waals surface area contributed by atoms with E-state index < -0.39 is 27.8 Å². The molecular formula is C18H12N4O8. The smallest absolute Gasteiger partial charge is 0.271 e. The van der Waals surface area contributed by atoms with E-state index in [1.807, 2.05) is 0 Å². The molecule has 0 unspecified atom stereocenters. The molecule has 30 heavy (non-hydrogen) atoms. The number of hydrogen-bond donors (Lipinski definition) is 1. The normalized spacial score (nSPS) is 17.8. The number of nitro benzene ring substituents is 2. The van der Waals surface area contributed by atoms with Gasteiger partial charge in [-0.3, -0.25) is 40.1 Å². The van der Waals surface area contributed by atoms with Crippen molar-refractivity contribution in [3.05, 3.63) is 73.8 Å². The van der Waals surface area contributed by atoms with E-state index >= 15 is 0 Å². The van der Waals surface area contributed by atoms with Crippen LogP contribution in [0, 0.1) is 20.2 Å². The molecule has 0 aromatic heterocycles. The summed E-state index contributed by atoms with van der Waals surface area (Å²) >= 11 is 0. The predicted molar refractivity (Wildman–Crippen MR) is 100 cm³/mol. The Kier molecular flexibility index (Phi) is 4.39. The second kappa shape index (κ2) is 6.93. The van der Waals surface area contributed by atoms with E-state index in [2.05, 4.69) is 5.48 Å². The number of nitrogens with zero attached hydrogens (tertiary/aromatic N) is 3. The Morgan fingerprint density at radius 2 is 1.67 bits per heavy atom. The third kappa shape index (κ3) is 2.82. The van der Waals surface area contributed by atoms with Crippen LogP contribution < -0.4 is 15.1 Å². The van der Waals surface area contributed by atoms with E-state index in [0.717, 1.165) is 11.0 Å². The van der Waals surface area contributed by atoms with Crippen molar-refractivity contribution >= 4 is 34.6 Å². The quantitative estimate of drug-likeness (QED) is 0.439. The molecule has 4 rings (SSSR count). The highest BCUT2D eigenvalue weighted by atomic mass is 16.7. The first-order valence-electron chi connectivity index (χ1n) is 8.45. The van der Waals surface area contributed by atoms with Crippen LogP contribution in [0.4, 0.5) is 17.1 Å². The van der Waals surface area contributed by atoms with Crippen LogP contribution in [0.3, 0.4) is 0 Å². The van der Waals surface area contributed by atoms with Crippen LogP contribution in [0.5, 0.6) is 5.75 Å². The van der Waals surface area contributed by atoms with E-state index in [0.29, 0.717) is 5.56 Å². The van der Waals surface area contributed by atoms with Gasteiger partial charge in [-0.25, -0.2) is 4.90 Å². The molecule has 0 saturated carbocycles. The number of non-ortho nitro benzene ring substituents is 2. The highest BCUT2D eigenvalue weighted by molar-refractivity contribution is 6.33. The Morgan fingerprint density at radius 3 is 2.27 bits per heavy atom. The summed E-state index contributed by atoms with van der Waals surface area (Å²) in [7, 11) is 1.30. The van der Waals surface area contributed by atoms with Gasteiger partial charge in [0.25, 0.3) is 23.2 Å². The van der Waals surface area contributed by atoms with Crippen LogP contribution >= 0.6 is 0 Å². The standard InChI is InChI=1S/C18H12N4O8/c1-29-13-7-6-11(22(27)28)8-12(13)20-17(23)14-15(19-30-16(14)18(20)24)9-2-4-10(5-3-9)21(25)26/h2-8,16,19H,1H3/t16-/m1/s1. The lowest BCUT2D eigenvalue weighted by atomic mass is 10.0. The Labute approximate surface area is 167 Å². The summed E-state index contributed by atoms with van der Waals surface area (Å²) in [6.07, 6.45) is -1.27. The van der Waals surface area contributed by atoms with Crippen molar-refractivity contribution in [1.29, 1.82) is 0 Å². The van der Waals surface area contributed by atoms with Gasteiger partial charge in [0.15, 0.2) is 6.10 Å². The molecule has 1 saturated heterocycles. The monoisotopic (exact) mass is 412 g/mol. The van der Waals surface area contributed by atoms with Gasteiger partial charge in [0.2, 0.25) is 0 Å². The first kappa shape index (κ1) is 19.0. The molecule has 1 N–H and O–H groups in total. The van der Waals surface area contributed by atoms with Crippen LogP contribution in [-0.2, 0) is 14.4 Å². The number of amides is 2. The molecule has 1 atom stereocenters. The Balaban J connectivity index is 1.79. The Bertz CT molecular complexity index is 1140. The number of benzene rings is 2. The molecule has 2 aromatic rings. The van der Waals surface area contributed by atoms with Crippen molar-refractivity contribution < 1.29 is 29.0 Å². The van der Waals surface area contributed by atoms with Gasteiger partial charge < -0.3 is 4.74 Å². The van der Waals surface area contributed by atoms with Gasteiger partial charge >= 0.3 is 0 Å². The molecule has 0 aliphatic carbocycles. The van der Waals surface area contributed by atoms with E-state index in [4.69, 9.17) is 9.57 Å². The first-order valence-corrected chi connectivity index (χ1v) is 8.45. The summed E-state index contributed by atoms with van der Waals surface area (Å²) in [6, 6.07) is 8.86. The van der Waals surface area contributed by atoms with Crippen LogP contribution in [-0.4, -0.2) is 34.9 Å². The lowest BCUT2D eigenvalue weighted by molar-refractivity contribution is -0.385. The van der Waals surface area contributed by atoms with Crippen LogP contribution in [0.1, 0.15) is 5.56 Å². The Hall–Kier alpha value is -4.32. The number of carbonyl (C=O) groups excluding carboxylic acids is 2. The second-order valence-corrected chi connectivity index (χ2v) is 6.28. The molecule has 2 heterocycles. The van der Waals surface area contributed by atoms with E-state index in [9.17, 15) is 29.8 Å². The average Bonchev–Trinajstić information content (AvgIpc) is 3.27. The highest BCUT2D eigenvalue weighted by Crippen LogP contribution is 2.40. The molecule has 0 bridgehead atoms. The SMILES string of the molecule is COc1ccc([N+](=O)[O-])cc1N1C(=O)C2=C(c3ccc([N+](=O)[O-])cc3)NO[C@H]2C1=O. The van der Waals surface area contributed by atoms with E-state index in [1.165, 1.54) is 43.5 Å². The zero-order valence-electron chi connectivity index (χ0n) is 15.2. The number of hydrogen-bond acceptors (Lipinski definition) is 9. The second-order valence-electron chi connectivity index (χ2n) is 6.28. The van der Waals surface area contributed by atoms with Crippen molar-refractivity contribution in [1.82, 2.24) is 5.48 Å².